The Balaban J connectivity index is 0.000000696. The molecule has 0 amide bonds. The number of rotatable bonds is 10. The maximum absolute atomic E-state index is 9.01. The summed E-state index contributed by atoms with van der Waals surface area (Å²) in [5.41, 5.74) is 2.44. The summed E-state index contributed by atoms with van der Waals surface area (Å²) in [4.78, 5) is 10.1. The molecule has 0 aliphatic rings. The van der Waals surface area contributed by atoms with E-state index in [4.69, 9.17) is 31.3 Å². The lowest BCUT2D eigenvalue weighted by Gasteiger charge is -2.12. The van der Waals surface area contributed by atoms with Crippen molar-refractivity contribution in [3.05, 3.63) is 69.9 Å². The Morgan fingerprint density at radius 3 is 2.76 bits per heavy atom. The summed E-state index contributed by atoms with van der Waals surface area (Å²) in [6, 6.07) is 12.3. The Hall–Kier alpha value is -2.83. The number of aliphatic hydroxyl groups is 1. The second kappa shape index (κ2) is 14.3. The third-order valence-corrected chi connectivity index (χ3v) is 5.85. The van der Waals surface area contributed by atoms with Gasteiger partial charge in [0.2, 0.25) is 6.33 Å². The highest BCUT2D eigenvalue weighted by Gasteiger charge is 2.18. The Morgan fingerprint density at radius 1 is 1.36 bits per heavy atom. The number of thiophene rings is 1. The van der Waals surface area contributed by atoms with Crippen molar-refractivity contribution >= 4 is 34.6 Å². The fourth-order valence-corrected chi connectivity index (χ4v) is 4.00. The Bertz CT molecular complexity index is 1070. The third kappa shape index (κ3) is 9.68. The summed E-state index contributed by atoms with van der Waals surface area (Å²) in [6.45, 7) is 5.94. The lowest BCUT2D eigenvalue weighted by molar-refractivity contribution is -0.704. The van der Waals surface area contributed by atoms with Gasteiger partial charge in [-0.2, -0.15) is 0 Å². The number of carboxylic acid groups (broad SMARTS) is 1. The minimum Gasteiger partial charge on any atom is -0.548 e. The predicted octanol–water partition coefficient (Wildman–Crippen LogP) is 2.42. The van der Waals surface area contributed by atoms with E-state index < -0.39 is 12.6 Å². The summed E-state index contributed by atoms with van der Waals surface area (Å²) in [5.74, 6) is 4.40. The van der Waals surface area contributed by atoms with Crippen molar-refractivity contribution in [2.45, 2.75) is 33.0 Å². The molecule has 176 valence electrons. The van der Waals surface area contributed by atoms with Crippen molar-refractivity contribution in [1.29, 1.82) is 0 Å². The molecular weight excluding hydrogens is 462 g/mol. The molecule has 2 heterocycles. The number of nitrogens with one attached hydrogen (secondary N) is 1. The molecular formula is C24H28ClN3O4S. The van der Waals surface area contributed by atoms with Crippen molar-refractivity contribution in [2.75, 3.05) is 25.1 Å². The maximum Gasteiger partial charge on any atom is 0.243 e. The first-order valence-corrected chi connectivity index (χ1v) is 11.5. The van der Waals surface area contributed by atoms with E-state index >= 15 is 0 Å². The van der Waals surface area contributed by atoms with Gasteiger partial charge in [-0.25, -0.2) is 9.13 Å². The second-order valence-electron chi connectivity index (χ2n) is 6.99. The van der Waals surface area contributed by atoms with Crippen LogP contribution in [0.25, 0.3) is 0 Å². The van der Waals surface area contributed by atoms with Crippen LogP contribution in [0.1, 0.15) is 23.5 Å². The number of ether oxygens (including phenoxy) is 1. The van der Waals surface area contributed by atoms with Crippen LogP contribution in [-0.2, 0) is 22.6 Å². The van der Waals surface area contributed by atoms with Gasteiger partial charge >= 0.3 is 0 Å². The summed E-state index contributed by atoms with van der Waals surface area (Å²) >= 11 is 7.66. The minimum absolute atomic E-state index is 0.0655. The van der Waals surface area contributed by atoms with Crippen molar-refractivity contribution in [3.63, 3.8) is 0 Å². The largest absolute Gasteiger partial charge is 0.548 e. The molecule has 0 bridgehead atoms. The van der Waals surface area contributed by atoms with Gasteiger partial charge in [-0.15, -0.1) is 17.3 Å². The van der Waals surface area contributed by atoms with Crippen LogP contribution in [0.4, 0.5) is 5.69 Å². The first kappa shape index (κ1) is 26.4. The molecule has 0 saturated carbocycles. The first-order valence-electron chi connectivity index (χ1n) is 10.3. The number of carbonyl (C=O) groups is 1. The van der Waals surface area contributed by atoms with Crippen molar-refractivity contribution in [2.24, 2.45) is 0 Å². The molecule has 7 nitrogen and oxygen atoms in total. The molecule has 0 aliphatic carbocycles. The third-order valence-electron chi connectivity index (χ3n) is 4.53. The average Bonchev–Trinajstić information content (AvgIpc) is 3.43. The van der Waals surface area contributed by atoms with E-state index in [1.165, 1.54) is 11.3 Å². The Morgan fingerprint density at radius 2 is 2.12 bits per heavy atom. The average molecular weight is 490 g/mol. The van der Waals surface area contributed by atoms with E-state index in [-0.39, 0.29) is 6.10 Å². The highest BCUT2D eigenvalue weighted by Crippen LogP contribution is 2.29. The quantitative estimate of drug-likeness (QED) is 0.337. The monoisotopic (exact) mass is 489 g/mol. The molecule has 9 heteroatoms. The zero-order valence-electron chi connectivity index (χ0n) is 18.7. The normalized spacial score (nSPS) is 11.0. The predicted molar refractivity (Wildman–Crippen MR) is 128 cm³/mol. The van der Waals surface area contributed by atoms with Crippen LogP contribution in [0, 0.1) is 18.8 Å². The van der Waals surface area contributed by atoms with Gasteiger partial charge < -0.3 is 25.1 Å². The number of para-hydroxylation sites is 1. The van der Waals surface area contributed by atoms with Crippen LogP contribution in [-0.4, -0.2) is 35.4 Å². The van der Waals surface area contributed by atoms with Crippen molar-refractivity contribution in [1.82, 2.24) is 4.57 Å². The van der Waals surface area contributed by atoms with Crippen LogP contribution in [0.3, 0.4) is 0 Å². The van der Waals surface area contributed by atoms with E-state index in [0.717, 1.165) is 28.8 Å². The van der Waals surface area contributed by atoms with Gasteiger partial charge in [0.05, 0.1) is 23.5 Å². The number of hydrogen-bond donors (Lipinski definition) is 2. The number of aromatic nitrogens is 2. The fourth-order valence-electron chi connectivity index (χ4n) is 2.90. The van der Waals surface area contributed by atoms with Gasteiger partial charge in [-0.1, -0.05) is 35.7 Å². The number of hydrogen-bond acceptors (Lipinski definition) is 6. The van der Waals surface area contributed by atoms with E-state index in [1.807, 2.05) is 19.1 Å². The molecule has 3 aromatic rings. The SMILES string of the molecule is CC#CCOC(C[n+]1ccn(CCNc2ccccc2C)c1)c1ccc(Cl)s1.O=C([O-])CO. The number of halogens is 1. The Labute approximate surface area is 203 Å². The molecule has 0 fully saturated rings. The molecule has 0 spiro atoms. The van der Waals surface area contributed by atoms with Crippen LogP contribution in [0.15, 0.2) is 55.1 Å². The summed E-state index contributed by atoms with van der Waals surface area (Å²) in [7, 11) is 0. The highest BCUT2D eigenvalue weighted by molar-refractivity contribution is 7.16. The van der Waals surface area contributed by atoms with E-state index in [9.17, 15) is 0 Å². The second-order valence-corrected chi connectivity index (χ2v) is 8.74. The highest BCUT2D eigenvalue weighted by atomic mass is 35.5. The molecule has 3 rings (SSSR count). The summed E-state index contributed by atoms with van der Waals surface area (Å²) < 4.78 is 11.1. The smallest absolute Gasteiger partial charge is 0.243 e. The molecule has 2 aromatic heterocycles. The lowest BCUT2D eigenvalue weighted by atomic mass is 10.2. The number of imidazole rings is 1. The topological polar surface area (TPSA) is 90.4 Å². The van der Waals surface area contributed by atoms with E-state index in [1.54, 1.807) is 11.3 Å². The van der Waals surface area contributed by atoms with Crippen molar-refractivity contribution < 1.29 is 24.3 Å². The standard InChI is InChI=1S/C22H25ClN3OS.C2H4O3/c1-3-4-15-27-20(21-9-10-22(23)28-21)16-26-14-13-25(17-26)12-11-24-19-8-6-5-7-18(19)2;3-1-2(4)5/h5-10,13-14,17,20,24H,11-12,15-16H2,1-2H3;3H,1H2,(H,4,5)/q+1;/p-1. The number of nitrogens with zero attached hydrogens (tertiary/aromatic N) is 2. The van der Waals surface area contributed by atoms with Gasteiger partial charge in [0.15, 0.2) is 0 Å². The number of carboxylic acids is 1. The van der Waals surface area contributed by atoms with Gasteiger partial charge in [0, 0.05) is 10.6 Å². The number of anilines is 1. The number of aryl methyl sites for hydroxylation is 1. The van der Waals surface area contributed by atoms with E-state index in [2.05, 4.69) is 76.2 Å². The van der Waals surface area contributed by atoms with Gasteiger partial charge in [-0.05, 0) is 37.6 Å². The van der Waals surface area contributed by atoms with Crippen LogP contribution in [0.5, 0.6) is 0 Å². The van der Waals surface area contributed by atoms with Crippen molar-refractivity contribution in [3.8, 4) is 11.8 Å². The van der Waals surface area contributed by atoms with Crippen LogP contribution < -0.4 is 15.0 Å². The van der Waals surface area contributed by atoms with Crippen LogP contribution >= 0.6 is 22.9 Å². The van der Waals surface area contributed by atoms with Gasteiger partial charge in [0.1, 0.15) is 38.2 Å². The number of aliphatic hydroxyl groups excluding tert-OH is 1. The molecule has 1 aromatic carbocycles. The molecule has 1 atom stereocenters. The molecule has 0 aliphatic heterocycles. The molecule has 0 saturated heterocycles. The first-order chi connectivity index (χ1) is 15.9. The zero-order valence-corrected chi connectivity index (χ0v) is 20.2. The van der Waals surface area contributed by atoms with Crippen LogP contribution in [0.2, 0.25) is 4.34 Å². The van der Waals surface area contributed by atoms with E-state index in [0.29, 0.717) is 6.61 Å². The Kier molecular flexibility index (Phi) is 11.5. The van der Waals surface area contributed by atoms with Gasteiger partial charge in [-0.3, -0.25) is 0 Å². The fraction of sp³-hybridized carbons (Fsp3) is 0.333. The summed E-state index contributed by atoms with van der Waals surface area (Å²) in [6.07, 6.45) is 6.20. The molecule has 0 radical (unpaired) electrons. The zero-order chi connectivity index (χ0) is 24.1. The minimum atomic E-state index is -1.44. The van der Waals surface area contributed by atoms with Gasteiger partial charge in [0.25, 0.3) is 0 Å². The molecule has 33 heavy (non-hydrogen) atoms. The summed E-state index contributed by atoms with van der Waals surface area (Å²) in [5, 5.41) is 20.0. The maximum atomic E-state index is 9.01. The lowest BCUT2D eigenvalue weighted by Crippen LogP contribution is -2.35. The molecule has 1 unspecified atom stereocenters. The number of aliphatic carboxylic acids is 1. The number of carbonyl (C=O) groups excluding carboxylic acids is 1. The number of benzene rings is 1. The molecule has 2 N–H and O–H groups in total.